The van der Waals surface area contributed by atoms with E-state index in [0.29, 0.717) is 43.0 Å². The number of hydrogen-bond donors (Lipinski definition) is 1. The fourth-order valence-electron chi connectivity index (χ4n) is 4.04. The highest BCUT2D eigenvalue weighted by molar-refractivity contribution is 7.16. The predicted octanol–water partition coefficient (Wildman–Crippen LogP) is 4.45. The number of fused-ring (bicyclic) bond motifs is 1. The van der Waals surface area contributed by atoms with E-state index in [4.69, 9.17) is 4.74 Å². The maximum atomic E-state index is 12.7. The highest BCUT2D eigenvalue weighted by Gasteiger charge is 2.28. The van der Waals surface area contributed by atoms with Gasteiger partial charge < -0.3 is 19.5 Å². The number of hydrogen-bond acceptors (Lipinski definition) is 6. The molecule has 0 aliphatic carbocycles. The molecule has 0 spiro atoms. The van der Waals surface area contributed by atoms with E-state index in [9.17, 15) is 14.9 Å². The first kappa shape index (κ1) is 23.5. The van der Waals surface area contributed by atoms with E-state index in [-0.39, 0.29) is 24.5 Å². The van der Waals surface area contributed by atoms with Crippen LogP contribution < -0.4 is 5.32 Å². The molecular formula is C25H27N5O3S. The molecule has 2 aromatic heterocycles. The zero-order chi connectivity index (χ0) is 24.1. The van der Waals surface area contributed by atoms with Gasteiger partial charge in [-0.1, -0.05) is 37.3 Å². The van der Waals surface area contributed by atoms with Crippen LogP contribution in [0.1, 0.15) is 46.5 Å². The highest BCUT2D eigenvalue weighted by Crippen LogP contribution is 2.37. The molecular weight excluding hydrogens is 450 g/mol. The quantitative estimate of drug-likeness (QED) is 0.542. The van der Waals surface area contributed by atoms with Crippen molar-refractivity contribution in [2.45, 2.75) is 45.7 Å². The Kier molecular flexibility index (Phi) is 7.28. The molecule has 4 rings (SSSR count). The summed E-state index contributed by atoms with van der Waals surface area (Å²) < 4.78 is 7.31. The summed E-state index contributed by atoms with van der Waals surface area (Å²) >= 11 is 1.37. The highest BCUT2D eigenvalue weighted by atomic mass is 32.1. The fourth-order valence-corrected chi connectivity index (χ4v) is 5.27. The molecule has 1 aliphatic heterocycles. The van der Waals surface area contributed by atoms with Crippen LogP contribution in [0.4, 0.5) is 9.80 Å². The van der Waals surface area contributed by atoms with Crippen molar-refractivity contribution in [3.63, 3.8) is 0 Å². The zero-order valence-electron chi connectivity index (χ0n) is 19.3. The smallest absolute Gasteiger partial charge is 0.410 e. The van der Waals surface area contributed by atoms with E-state index in [0.717, 1.165) is 21.7 Å². The molecule has 0 saturated heterocycles. The lowest BCUT2D eigenvalue weighted by Crippen LogP contribution is -2.36. The van der Waals surface area contributed by atoms with Crippen LogP contribution in [-0.2, 0) is 29.0 Å². The summed E-state index contributed by atoms with van der Waals surface area (Å²) in [4.78, 5) is 31.9. The van der Waals surface area contributed by atoms with E-state index in [2.05, 4.69) is 16.4 Å². The molecule has 8 nitrogen and oxygen atoms in total. The Hall–Kier alpha value is -3.64. The minimum absolute atomic E-state index is 0.0674. The molecule has 1 aliphatic rings. The molecule has 9 heteroatoms. The molecule has 1 N–H and O–H groups in total. The maximum absolute atomic E-state index is 12.7. The Bertz CT molecular complexity index is 1210. The number of carbonyl (C=O) groups is 2. The standard InChI is InChI=1S/C25H27N5O3S/c1-17(19-6-4-3-5-7-19)12-23(31)28-24-21(13-26)20-8-9-30(15-22(20)34-24)25(32)33-11-10-29-14-18(2)27-16-29/h3-7,14,16-17H,8-12,15H2,1-2H3,(H,28,31)/t17-/m0/s1. The van der Waals surface area contributed by atoms with Crippen molar-refractivity contribution in [1.29, 1.82) is 5.26 Å². The predicted molar refractivity (Wildman–Crippen MR) is 130 cm³/mol. The molecule has 3 aromatic rings. The number of nitrogens with zero attached hydrogens (tertiary/aromatic N) is 4. The van der Waals surface area contributed by atoms with Crippen LogP contribution in [0.2, 0.25) is 0 Å². The molecule has 1 atom stereocenters. The van der Waals surface area contributed by atoms with Crippen molar-refractivity contribution < 1.29 is 14.3 Å². The lowest BCUT2D eigenvalue weighted by atomic mass is 9.97. The molecule has 0 fully saturated rings. The van der Waals surface area contributed by atoms with Crippen molar-refractivity contribution >= 4 is 28.3 Å². The molecule has 0 unspecified atom stereocenters. The van der Waals surface area contributed by atoms with E-state index >= 15 is 0 Å². The normalized spacial score (nSPS) is 13.6. The number of thiophene rings is 1. The number of nitriles is 1. The van der Waals surface area contributed by atoms with Gasteiger partial charge in [-0.3, -0.25) is 4.79 Å². The van der Waals surface area contributed by atoms with Gasteiger partial charge in [-0.05, 0) is 30.4 Å². The lowest BCUT2D eigenvalue weighted by molar-refractivity contribution is -0.116. The van der Waals surface area contributed by atoms with Crippen LogP contribution in [0.25, 0.3) is 0 Å². The van der Waals surface area contributed by atoms with Crippen LogP contribution in [0.15, 0.2) is 42.9 Å². The molecule has 0 saturated carbocycles. The lowest BCUT2D eigenvalue weighted by Gasteiger charge is -2.26. The SMILES string of the molecule is Cc1cn(CCOC(=O)N2CCc3c(sc(NC(=O)C[C@H](C)c4ccccc4)c3C#N)C2)cn1. The number of amides is 2. The van der Waals surface area contributed by atoms with E-state index < -0.39 is 0 Å². The molecule has 0 radical (unpaired) electrons. The number of ether oxygens (including phenoxy) is 1. The van der Waals surface area contributed by atoms with Crippen LogP contribution >= 0.6 is 11.3 Å². The van der Waals surface area contributed by atoms with Crippen LogP contribution in [-0.4, -0.2) is 39.6 Å². The van der Waals surface area contributed by atoms with Gasteiger partial charge in [0.05, 0.1) is 30.7 Å². The van der Waals surface area contributed by atoms with Crippen molar-refractivity contribution in [2.24, 2.45) is 0 Å². The first-order valence-corrected chi connectivity index (χ1v) is 12.1. The van der Waals surface area contributed by atoms with Gasteiger partial charge in [0, 0.05) is 24.0 Å². The second-order valence-corrected chi connectivity index (χ2v) is 9.53. The number of aryl methyl sites for hydroxylation is 1. The monoisotopic (exact) mass is 477 g/mol. The van der Waals surface area contributed by atoms with Gasteiger partial charge in [-0.15, -0.1) is 11.3 Å². The second-order valence-electron chi connectivity index (χ2n) is 8.42. The zero-order valence-corrected chi connectivity index (χ0v) is 20.1. The summed E-state index contributed by atoms with van der Waals surface area (Å²) in [5.74, 6) is -0.0599. The number of imidazole rings is 1. The average Bonchev–Trinajstić information content (AvgIpc) is 3.40. The van der Waals surface area contributed by atoms with Crippen molar-refractivity contribution in [3.05, 3.63) is 70.1 Å². The Balaban J connectivity index is 1.35. The summed E-state index contributed by atoms with van der Waals surface area (Å²) in [5.41, 5.74) is 3.43. The minimum atomic E-state index is -0.378. The van der Waals surface area contributed by atoms with E-state index in [1.54, 1.807) is 11.2 Å². The third kappa shape index (κ3) is 5.46. The number of anilines is 1. The molecule has 0 bridgehead atoms. The molecule has 176 valence electrons. The van der Waals surface area contributed by atoms with E-state index in [1.807, 2.05) is 54.9 Å². The summed E-state index contributed by atoms with van der Waals surface area (Å²) in [7, 11) is 0. The van der Waals surface area contributed by atoms with Crippen molar-refractivity contribution in [3.8, 4) is 6.07 Å². The van der Waals surface area contributed by atoms with Crippen LogP contribution in [0.5, 0.6) is 0 Å². The van der Waals surface area contributed by atoms with Crippen molar-refractivity contribution in [2.75, 3.05) is 18.5 Å². The number of rotatable bonds is 7. The molecule has 3 heterocycles. The van der Waals surface area contributed by atoms with Gasteiger partial charge in [0.15, 0.2) is 0 Å². The number of nitrogens with one attached hydrogen (secondary N) is 1. The number of benzene rings is 1. The Morgan fingerprint density at radius 1 is 1.32 bits per heavy atom. The Morgan fingerprint density at radius 2 is 2.12 bits per heavy atom. The van der Waals surface area contributed by atoms with Gasteiger partial charge in [0.25, 0.3) is 0 Å². The number of carbonyl (C=O) groups excluding carboxylic acids is 2. The molecule has 1 aromatic carbocycles. The van der Waals surface area contributed by atoms with Gasteiger partial charge in [-0.2, -0.15) is 5.26 Å². The number of aromatic nitrogens is 2. The topological polar surface area (TPSA) is 100 Å². The first-order chi connectivity index (χ1) is 16.4. The van der Waals surface area contributed by atoms with Gasteiger partial charge in [0.1, 0.15) is 17.7 Å². The third-order valence-electron chi connectivity index (χ3n) is 5.88. The van der Waals surface area contributed by atoms with Crippen LogP contribution in [0, 0.1) is 18.3 Å². The van der Waals surface area contributed by atoms with Gasteiger partial charge in [0.2, 0.25) is 5.91 Å². The van der Waals surface area contributed by atoms with Gasteiger partial charge in [-0.25, -0.2) is 9.78 Å². The largest absolute Gasteiger partial charge is 0.448 e. The van der Waals surface area contributed by atoms with E-state index in [1.165, 1.54) is 11.3 Å². The third-order valence-corrected chi connectivity index (χ3v) is 7.01. The summed E-state index contributed by atoms with van der Waals surface area (Å²) in [6.45, 7) is 5.56. The summed E-state index contributed by atoms with van der Waals surface area (Å²) in [5, 5.41) is 13.2. The Morgan fingerprint density at radius 3 is 2.82 bits per heavy atom. The molecule has 2 amide bonds. The fraction of sp³-hybridized carbons (Fsp3) is 0.360. The molecule has 34 heavy (non-hydrogen) atoms. The summed E-state index contributed by atoms with van der Waals surface area (Å²) in [6.07, 6.45) is 4.11. The van der Waals surface area contributed by atoms with Gasteiger partial charge >= 0.3 is 6.09 Å². The Labute approximate surface area is 202 Å². The average molecular weight is 478 g/mol. The summed E-state index contributed by atoms with van der Waals surface area (Å²) in [6, 6.07) is 12.1. The van der Waals surface area contributed by atoms with Crippen LogP contribution in [0.3, 0.4) is 0 Å². The minimum Gasteiger partial charge on any atom is -0.448 e. The second kappa shape index (κ2) is 10.5. The first-order valence-electron chi connectivity index (χ1n) is 11.2. The maximum Gasteiger partial charge on any atom is 0.410 e. The van der Waals surface area contributed by atoms with Crippen molar-refractivity contribution in [1.82, 2.24) is 14.5 Å².